The normalized spacial score (nSPS) is 16.6. The number of fused-ring (bicyclic) bond motifs is 1. The smallest absolute Gasteiger partial charge is 0.339 e. The molecule has 6 heteroatoms. The van der Waals surface area contributed by atoms with E-state index in [0.29, 0.717) is 10.7 Å². The van der Waals surface area contributed by atoms with Crippen LogP contribution in [0.4, 0.5) is 5.13 Å². The Bertz CT molecular complexity index is 681. The van der Waals surface area contributed by atoms with Crippen molar-refractivity contribution in [3.05, 3.63) is 46.5 Å². The number of benzene rings is 1. The van der Waals surface area contributed by atoms with E-state index in [2.05, 4.69) is 10.3 Å². The minimum atomic E-state index is -0.514. The fourth-order valence-electron chi connectivity index (χ4n) is 2.12. The summed E-state index contributed by atoms with van der Waals surface area (Å²) >= 11 is 1.37. The van der Waals surface area contributed by atoms with Gasteiger partial charge >= 0.3 is 5.97 Å². The molecule has 0 radical (unpaired) electrons. The molecule has 1 aliphatic heterocycles. The van der Waals surface area contributed by atoms with Crippen LogP contribution in [0, 0.1) is 6.92 Å². The lowest BCUT2D eigenvalue weighted by molar-refractivity contribution is -0.118. The Labute approximate surface area is 119 Å². The van der Waals surface area contributed by atoms with Crippen LogP contribution in [-0.2, 0) is 9.53 Å². The molecule has 1 unspecified atom stereocenters. The van der Waals surface area contributed by atoms with Crippen LogP contribution in [0.3, 0.4) is 0 Å². The van der Waals surface area contributed by atoms with Gasteiger partial charge in [-0.25, -0.2) is 9.78 Å². The Kier molecular flexibility index (Phi) is 3.23. The molecule has 0 saturated carbocycles. The maximum atomic E-state index is 12.0. The molecular weight excluding hydrogens is 276 g/mol. The van der Waals surface area contributed by atoms with Crippen LogP contribution in [0.15, 0.2) is 29.6 Å². The third kappa shape index (κ3) is 2.42. The molecule has 0 fully saturated rings. The molecule has 20 heavy (non-hydrogen) atoms. The number of carbonyl (C=O) groups is 2. The quantitative estimate of drug-likeness (QED) is 0.882. The van der Waals surface area contributed by atoms with E-state index in [1.165, 1.54) is 11.3 Å². The summed E-state index contributed by atoms with van der Waals surface area (Å²) < 4.78 is 5.23. The molecule has 102 valence electrons. The number of nitrogens with zero attached hydrogens (tertiary/aromatic N) is 1. The SMILES string of the molecule is Cc1csc(NC(=O)CC2OC(=O)c3ccccc32)n1. The van der Waals surface area contributed by atoms with Crippen molar-refractivity contribution in [3.8, 4) is 0 Å². The monoisotopic (exact) mass is 288 g/mol. The van der Waals surface area contributed by atoms with Crippen molar-refractivity contribution >= 4 is 28.3 Å². The first-order valence-electron chi connectivity index (χ1n) is 6.15. The predicted molar refractivity (Wildman–Crippen MR) is 74.7 cm³/mol. The Morgan fingerprint density at radius 3 is 3.00 bits per heavy atom. The summed E-state index contributed by atoms with van der Waals surface area (Å²) in [6.07, 6.45) is -0.416. The van der Waals surface area contributed by atoms with Gasteiger partial charge in [0.15, 0.2) is 5.13 Å². The van der Waals surface area contributed by atoms with Crippen LogP contribution < -0.4 is 5.32 Å². The molecule has 1 amide bonds. The maximum absolute atomic E-state index is 12.0. The number of hydrogen-bond donors (Lipinski definition) is 1. The van der Waals surface area contributed by atoms with Gasteiger partial charge in [0.2, 0.25) is 5.91 Å². The number of hydrogen-bond acceptors (Lipinski definition) is 5. The third-order valence-corrected chi connectivity index (χ3v) is 3.89. The first-order chi connectivity index (χ1) is 9.63. The van der Waals surface area contributed by atoms with Gasteiger partial charge < -0.3 is 10.1 Å². The van der Waals surface area contributed by atoms with E-state index in [0.717, 1.165) is 11.3 Å². The van der Waals surface area contributed by atoms with Gasteiger partial charge in [-0.3, -0.25) is 4.79 Å². The molecule has 1 aliphatic rings. The summed E-state index contributed by atoms with van der Waals surface area (Å²) in [6.45, 7) is 1.86. The summed E-state index contributed by atoms with van der Waals surface area (Å²) in [7, 11) is 0. The lowest BCUT2D eigenvalue weighted by Gasteiger charge is -2.09. The van der Waals surface area contributed by atoms with E-state index in [-0.39, 0.29) is 18.3 Å². The molecule has 3 rings (SSSR count). The fraction of sp³-hybridized carbons (Fsp3) is 0.214. The zero-order valence-electron chi connectivity index (χ0n) is 10.8. The molecule has 2 heterocycles. The highest BCUT2D eigenvalue weighted by Gasteiger charge is 2.32. The summed E-state index contributed by atoms with van der Waals surface area (Å²) in [5.41, 5.74) is 2.17. The number of carbonyl (C=O) groups excluding carboxylic acids is 2. The Hall–Kier alpha value is -2.21. The van der Waals surface area contributed by atoms with Gasteiger partial charge in [0.1, 0.15) is 6.10 Å². The molecule has 0 spiro atoms. The largest absolute Gasteiger partial charge is 0.453 e. The van der Waals surface area contributed by atoms with Crippen molar-refractivity contribution in [2.45, 2.75) is 19.4 Å². The van der Waals surface area contributed by atoms with Crippen molar-refractivity contribution in [3.63, 3.8) is 0 Å². The number of amides is 1. The topological polar surface area (TPSA) is 68.3 Å². The number of rotatable bonds is 3. The lowest BCUT2D eigenvalue weighted by Crippen LogP contribution is -2.15. The van der Waals surface area contributed by atoms with Gasteiger partial charge in [-0.2, -0.15) is 0 Å². The second-order valence-electron chi connectivity index (χ2n) is 4.53. The Morgan fingerprint density at radius 1 is 1.45 bits per heavy atom. The van der Waals surface area contributed by atoms with Crippen molar-refractivity contribution in [1.29, 1.82) is 0 Å². The maximum Gasteiger partial charge on any atom is 0.339 e. The first kappa shape index (κ1) is 12.8. The van der Waals surface area contributed by atoms with Crippen LogP contribution >= 0.6 is 11.3 Å². The number of aryl methyl sites for hydroxylation is 1. The average molecular weight is 288 g/mol. The molecule has 5 nitrogen and oxygen atoms in total. The van der Waals surface area contributed by atoms with Gasteiger partial charge in [-0.05, 0) is 13.0 Å². The van der Waals surface area contributed by atoms with Crippen LogP contribution in [-0.4, -0.2) is 16.9 Å². The van der Waals surface area contributed by atoms with Crippen molar-refractivity contribution in [1.82, 2.24) is 4.98 Å². The summed E-state index contributed by atoms with van der Waals surface area (Å²) in [6, 6.07) is 7.13. The second-order valence-corrected chi connectivity index (χ2v) is 5.39. The number of cyclic esters (lactones) is 1. The summed E-state index contributed by atoms with van der Waals surface area (Å²) in [4.78, 5) is 27.8. The van der Waals surface area contributed by atoms with Gasteiger partial charge in [0.05, 0.1) is 17.7 Å². The molecule has 1 atom stereocenters. The number of esters is 1. The van der Waals surface area contributed by atoms with Gasteiger partial charge in [0, 0.05) is 10.9 Å². The third-order valence-electron chi connectivity index (χ3n) is 3.01. The minimum Gasteiger partial charge on any atom is -0.453 e. The Balaban J connectivity index is 1.70. The average Bonchev–Trinajstić information content (AvgIpc) is 2.95. The Morgan fingerprint density at radius 2 is 2.25 bits per heavy atom. The molecule has 0 aliphatic carbocycles. The number of thiazole rings is 1. The molecule has 0 bridgehead atoms. The van der Waals surface area contributed by atoms with Crippen LogP contribution in [0.5, 0.6) is 0 Å². The highest BCUT2D eigenvalue weighted by molar-refractivity contribution is 7.13. The van der Waals surface area contributed by atoms with Crippen molar-refractivity contribution in [2.24, 2.45) is 0 Å². The highest BCUT2D eigenvalue weighted by atomic mass is 32.1. The van der Waals surface area contributed by atoms with E-state index < -0.39 is 6.10 Å². The van der Waals surface area contributed by atoms with Gasteiger partial charge in [-0.1, -0.05) is 18.2 Å². The van der Waals surface area contributed by atoms with E-state index in [1.54, 1.807) is 12.1 Å². The molecule has 1 N–H and O–H groups in total. The van der Waals surface area contributed by atoms with Gasteiger partial charge in [-0.15, -0.1) is 11.3 Å². The van der Waals surface area contributed by atoms with E-state index in [1.807, 2.05) is 24.4 Å². The molecule has 1 aromatic carbocycles. The van der Waals surface area contributed by atoms with Gasteiger partial charge in [0.25, 0.3) is 0 Å². The molecule has 0 saturated heterocycles. The first-order valence-corrected chi connectivity index (χ1v) is 7.03. The number of ether oxygens (including phenoxy) is 1. The molecule has 2 aromatic rings. The predicted octanol–water partition coefficient (Wildman–Crippen LogP) is 2.69. The van der Waals surface area contributed by atoms with Crippen molar-refractivity contribution < 1.29 is 14.3 Å². The zero-order valence-corrected chi connectivity index (χ0v) is 11.6. The highest BCUT2D eigenvalue weighted by Crippen LogP contribution is 2.33. The number of aromatic nitrogens is 1. The molecule has 1 aromatic heterocycles. The van der Waals surface area contributed by atoms with Crippen LogP contribution in [0.2, 0.25) is 0 Å². The molecular formula is C14H12N2O3S. The summed E-state index contributed by atoms with van der Waals surface area (Å²) in [5, 5.41) is 5.13. The van der Waals surface area contributed by atoms with E-state index >= 15 is 0 Å². The van der Waals surface area contributed by atoms with E-state index in [9.17, 15) is 9.59 Å². The second kappa shape index (κ2) is 5.05. The summed E-state index contributed by atoms with van der Waals surface area (Å²) in [5.74, 6) is -0.586. The zero-order chi connectivity index (χ0) is 14.1. The van der Waals surface area contributed by atoms with Crippen LogP contribution in [0.1, 0.15) is 34.1 Å². The van der Waals surface area contributed by atoms with Crippen molar-refractivity contribution in [2.75, 3.05) is 5.32 Å². The number of nitrogens with one attached hydrogen (secondary N) is 1. The lowest BCUT2D eigenvalue weighted by atomic mass is 10.0. The van der Waals surface area contributed by atoms with Crippen LogP contribution in [0.25, 0.3) is 0 Å². The standard InChI is InChI=1S/C14H12N2O3S/c1-8-7-20-14(15-8)16-12(17)6-11-9-4-2-3-5-10(9)13(18)19-11/h2-5,7,11H,6H2,1H3,(H,15,16,17). The van der Waals surface area contributed by atoms with E-state index in [4.69, 9.17) is 4.74 Å². The number of anilines is 1. The fourth-order valence-corrected chi connectivity index (χ4v) is 2.83. The minimum absolute atomic E-state index is 0.0986.